The quantitative estimate of drug-likeness (QED) is 0.765. The van der Waals surface area contributed by atoms with E-state index < -0.39 is 0 Å². The Morgan fingerprint density at radius 2 is 1.75 bits per heavy atom. The number of aryl methyl sites for hydroxylation is 1. The van der Waals surface area contributed by atoms with Gasteiger partial charge in [-0.1, -0.05) is 55.0 Å². The lowest BCUT2D eigenvalue weighted by molar-refractivity contribution is 0.302. The Morgan fingerprint density at radius 1 is 1.00 bits per heavy atom. The second-order valence-corrected chi connectivity index (χ2v) is 5.06. The molecule has 0 aromatic heterocycles. The number of hydrogen-bond acceptors (Lipinski definition) is 2. The fraction of sp³-hybridized carbons (Fsp3) is 0.333. The Bertz CT molecular complexity index is 519. The first-order valence-corrected chi connectivity index (χ1v) is 7.26. The topological polar surface area (TPSA) is 21.3 Å². The van der Waals surface area contributed by atoms with Crippen LogP contribution in [0.25, 0.3) is 0 Å². The van der Waals surface area contributed by atoms with E-state index in [-0.39, 0.29) is 0 Å². The summed E-state index contributed by atoms with van der Waals surface area (Å²) >= 11 is 0. The Morgan fingerprint density at radius 3 is 2.50 bits per heavy atom. The van der Waals surface area contributed by atoms with Crippen molar-refractivity contribution in [3.8, 4) is 5.75 Å². The molecule has 2 aromatic carbocycles. The van der Waals surface area contributed by atoms with Crippen LogP contribution < -0.4 is 10.1 Å². The van der Waals surface area contributed by atoms with E-state index in [0.29, 0.717) is 6.61 Å². The van der Waals surface area contributed by atoms with E-state index in [2.05, 4.69) is 55.6 Å². The minimum atomic E-state index is 0.616. The van der Waals surface area contributed by atoms with Gasteiger partial charge in [-0.2, -0.15) is 0 Å². The first-order valence-electron chi connectivity index (χ1n) is 7.26. The number of benzene rings is 2. The van der Waals surface area contributed by atoms with Gasteiger partial charge in [-0.15, -0.1) is 0 Å². The molecule has 0 heterocycles. The van der Waals surface area contributed by atoms with Crippen molar-refractivity contribution in [1.82, 2.24) is 5.32 Å². The normalized spacial score (nSPS) is 10.5. The molecular weight excluding hydrogens is 246 g/mol. The Labute approximate surface area is 121 Å². The average molecular weight is 269 g/mol. The van der Waals surface area contributed by atoms with Gasteiger partial charge in [-0.05, 0) is 31.5 Å². The van der Waals surface area contributed by atoms with Crippen LogP contribution in [0.2, 0.25) is 0 Å². The number of ether oxygens (including phenoxy) is 1. The minimum absolute atomic E-state index is 0.616. The smallest absolute Gasteiger partial charge is 0.124 e. The fourth-order valence-electron chi connectivity index (χ4n) is 2.04. The van der Waals surface area contributed by atoms with Crippen molar-refractivity contribution in [3.63, 3.8) is 0 Å². The van der Waals surface area contributed by atoms with Gasteiger partial charge in [-0.3, -0.25) is 0 Å². The van der Waals surface area contributed by atoms with Crippen molar-refractivity contribution in [2.45, 2.75) is 33.4 Å². The summed E-state index contributed by atoms with van der Waals surface area (Å²) < 4.78 is 5.95. The van der Waals surface area contributed by atoms with E-state index in [4.69, 9.17) is 4.74 Å². The van der Waals surface area contributed by atoms with E-state index in [1.807, 2.05) is 12.1 Å². The second-order valence-electron chi connectivity index (χ2n) is 5.06. The SMILES string of the molecule is CCCNCc1ccccc1OCc1ccc(C)cc1. The molecule has 0 fully saturated rings. The zero-order chi connectivity index (χ0) is 14.2. The molecule has 20 heavy (non-hydrogen) atoms. The molecule has 2 heteroatoms. The molecule has 2 aromatic rings. The predicted molar refractivity (Wildman–Crippen MR) is 84.0 cm³/mol. The molecular formula is C18H23NO. The maximum Gasteiger partial charge on any atom is 0.124 e. The third kappa shape index (κ3) is 4.39. The van der Waals surface area contributed by atoms with Crippen molar-refractivity contribution in [2.24, 2.45) is 0 Å². The van der Waals surface area contributed by atoms with Gasteiger partial charge in [0.25, 0.3) is 0 Å². The van der Waals surface area contributed by atoms with Crippen LogP contribution in [0.15, 0.2) is 48.5 Å². The van der Waals surface area contributed by atoms with Crippen molar-refractivity contribution in [2.75, 3.05) is 6.54 Å². The Hall–Kier alpha value is -1.80. The lowest BCUT2D eigenvalue weighted by Gasteiger charge is -2.12. The van der Waals surface area contributed by atoms with E-state index >= 15 is 0 Å². The number of rotatable bonds is 7. The van der Waals surface area contributed by atoms with E-state index in [0.717, 1.165) is 25.3 Å². The highest BCUT2D eigenvalue weighted by Crippen LogP contribution is 2.19. The van der Waals surface area contributed by atoms with Crippen molar-refractivity contribution >= 4 is 0 Å². The third-order valence-electron chi connectivity index (χ3n) is 3.23. The average Bonchev–Trinajstić information content (AvgIpc) is 2.48. The molecule has 0 spiro atoms. The first-order chi connectivity index (χ1) is 9.79. The van der Waals surface area contributed by atoms with E-state index in [1.165, 1.54) is 16.7 Å². The van der Waals surface area contributed by atoms with Crippen LogP contribution in [0.3, 0.4) is 0 Å². The third-order valence-corrected chi connectivity index (χ3v) is 3.23. The standard InChI is InChI=1S/C18H23NO/c1-3-12-19-13-17-6-4-5-7-18(17)20-14-16-10-8-15(2)9-11-16/h4-11,19H,3,12-14H2,1-2H3. The lowest BCUT2D eigenvalue weighted by Crippen LogP contribution is -2.14. The molecule has 0 radical (unpaired) electrons. The molecule has 0 unspecified atom stereocenters. The van der Waals surface area contributed by atoms with Crippen LogP contribution in [-0.4, -0.2) is 6.54 Å². The van der Waals surface area contributed by atoms with Gasteiger partial charge in [0, 0.05) is 12.1 Å². The molecule has 0 aliphatic rings. The molecule has 0 atom stereocenters. The van der Waals surface area contributed by atoms with Crippen molar-refractivity contribution in [3.05, 3.63) is 65.2 Å². The molecule has 0 amide bonds. The molecule has 0 saturated carbocycles. The molecule has 0 saturated heterocycles. The summed E-state index contributed by atoms with van der Waals surface area (Å²) in [6, 6.07) is 16.7. The van der Waals surface area contributed by atoms with Crippen molar-refractivity contribution < 1.29 is 4.74 Å². The van der Waals surface area contributed by atoms with E-state index in [1.54, 1.807) is 0 Å². The monoisotopic (exact) mass is 269 g/mol. The number of hydrogen-bond donors (Lipinski definition) is 1. The van der Waals surface area contributed by atoms with Gasteiger partial charge in [0.1, 0.15) is 12.4 Å². The molecule has 0 aliphatic carbocycles. The highest BCUT2D eigenvalue weighted by Gasteiger charge is 2.03. The second kappa shape index (κ2) is 7.71. The van der Waals surface area contributed by atoms with Gasteiger partial charge in [0.05, 0.1) is 0 Å². The van der Waals surface area contributed by atoms with Crippen LogP contribution in [0.5, 0.6) is 5.75 Å². The molecule has 106 valence electrons. The first kappa shape index (κ1) is 14.6. The summed E-state index contributed by atoms with van der Waals surface area (Å²) in [5, 5.41) is 3.42. The molecule has 0 bridgehead atoms. The summed E-state index contributed by atoms with van der Waals surface area (Å²) in [5.74, 6) is 0.969. The maximum atomic E-state index is 5.95. The zero-order valence-corrected chi connectivity index (χ0v) is 12.4. The van der Waals surface area contributed by atoms with Crippen LogP contribution in [0.1, 0.15) is 30.0 Å². The van der Waals surface area contributed by atoms with Crippen molar-refractivity contribution in [1.29, 1.82) is 0 Å². The lowest BCUT2D eigenvalue weighted by atomic mass is 10.1. The van der Waals surface area contributed by atoms with Gasteiger partial charge in [-0.25, -0.2) is 0 Å². The molecule has 2 nitrogen and oxygen atoms in total. The maximum absolute atomic E-state index is 5.95. The van der Waals surface area contributed by atoms with Crippen LogP contribution in [0, 0.1) is 6.92 Å². The van der Waals surface area contributed by atoms with Crippen LogP contribution in [0.4, 0.5) is 0 Å². The fourth-order valence-corrected chi connectivity index (χ4v) is 2.04. The summed E-state index contributed by atoms with van der Waals surface area (Å²) in [5.41, 5.74) is 3.69. The predicted octanol–water partition coefficient (Wildman–Crippen LogP) is 4.07. The summed E-state index contributed by atoms with van der Waals surface area (Å²) in [7, 11) is 0. The largest absolute Gasteiger partial charge is 0.489 e. The van der Waals surface area contributed by atoms with Crippen LogP contribution >= 0.6 is 0 Å². The molecule has 0 aliphatic heterocycles. The Balaban J connectivity index is 1.96. The van der Waals surface area contributed by atoms with Gasteiger partial charge < -0.3 is 10.1 Å². The summed E-state index contributed by atoms with van der Waals surface area (Å²) in [4.78, 5) is 0. The van der Waals surface area contributed by atoms with Gasteiger partial charge >= 0.3 is 0 Å². The minimum Gasteiger partial charge on any atom is -0.489 e. The zero-order valence-electron chi connectivity index (χ0n) is 12.4. The number of nitrogens with one attached hydrogen (secondary N) is 1. The van der Waals surface area contributed by atoms with E-state index in [9.17, 15) is 0 Å². The van der Waals surface area contributed by atoms with Gasteiger partial charge in [0.15, 0.2) is 0 Å². The summed E-state index contributed by atoms with van der Waals surface area (Å²) in [6.45, 7) is 6.78. The summed E-state index contributed by atoms with van der Waals surface area (Å²) in [6.07, 6.45) is 1.15. The highest BCUT2D eigenvalue weighted by molar-refractivity contribution is 5.33. The number of para-hydroxylation sites is 1. The van der Waals surface area contributed by atoms with Crippen LogP contribution in [-0.2, 0) is 13.2 Å². The Kier molecular flexibility index (Phi) is 5.63. The molecule has 2 rings (SSSR count). The molecule has 1 N–H and O–H groups in total. The highest BCUT2D eigenvalue weighted by atomic mass is 16.5. The van der Waals surface area contributed by atoms with Gasteiger partial charge in [0.2, 0.25) is 0 Å².